The number of benzene rings is 3. The third kappa shape index (κ3) is 4.22. The van der Waals surface area contributed by atoms with E-state index in [4.69, 9.17) is 9.40 Å². The van der Waals surface area contributed by atoms with Crippen molar-refractivity contribution < 1.29 is 4.42 Å². The van der Waals surface area contributed by atoms with Gasteiger partial charge in [0.1, 0.15) is 0 Å². The summed E-state index contributed by atoms with van der Waals surface area (Å²) >= 11 is 1.46. The van der Waals surface area contributed by atoms with Crippen LogP contribution in [-0.2, 0) is 12.3 Å². The number of rotatable bonds is 6. The average Bonchev–Trinajstić information content (AvgIpc) is 3.31. The topological polar surface area (TPSA) is 60.9 Å². The minimum atomic E-state index is -0.0453. The summed E-state index contributed by atoms with van der Waals surface area (Å²) in [6.07, 6.45) is 1.73. The fourth-order valence-corrected chi connectivity index (χ4v) is 4.36. The lowest BCUT2D eigenvalue weighted by atomic mass is 10.1. The molecule has 2 heterocycles. The van der Waals surface area contributed by atoms with E-state index in [1.165, 1.54) is 17.3 Å². The van der Waals surface area contributed by atoms with Crippen LogP contribution in [0.15, 0.2) is 99.4 Å². The molecule has 0 bridgehead atoms. The third-order valence-electron chi connectivity index (χ3n) is 5.22. The van der Waals surface area contributed by atoms with Gasteiger partial charge >= 0.3 is 0 Å². The highest BCUT2D eigenvalue weighted by atomic mass is 32.2. The van der Waals surface area contributed by atoms with Crippen molar-refractivity contribution >= 4 is 22.7 Å². The summed E-state index contributed by atoms with van der Waals surface area (Å²) in [4.78, 5) is 22.5. The molecule has 5 rings (SSSR count). The second-order valence-electron chi connectivity index (χ2n) is 7.56. The van der Waals surface area contributed by atoms with Gasteiger partial charge in [0.05, 0.1) is 29.4 Å². The Labute approximate surface area is 189 Å². The van der Waals surface area contributed by atoms with E-state index >= 15 is 0 Å². The second kappa shape index (κ2) is 8.85. The van der Waals surface area contributed by atoms with Gasteiger partial charge in [-0.25, -0.2) is 9.97 Å². The van der Waals surface area contributed by atoms with Gasteiger partial charge in [-0.3, -0.25) is 9.36 Å². The largest absolute Gasteiger partial charge is 0.440 e. The standard InChI is InChI=1S/C26H21N3O2S/c1-18-11-13-19(14-12-18)16-29-25(30)21-9-5-6-10-22(21)28-26(29)32-17-24-27-15-23(31-24)20-7-3-2-4-8-20/h2-15H,16-17H2,1H3. The first-order valence-corrected chi connectivity index (χ1v) is 11.3. The molecule has 5 nitrogen and oxygen atoms in total. The molecule has 0 spiro atoms. The zero-order valence-corrected chi connectivity index (χ0v) is 18.4. The summed E-state index contributed by atoms with van der Waals surface area (Å²) in [5, 5.41) is 1.26. The zero-order valence-electron chi connectivity index (χ0n) is 17.6. The van der Waals surface area contributed by atoms with Crippen molar-refractivity contribution in [1.82, 2.24) is 14.5 Å². The summed E-state index contributed by atoms with van der Waals surface area (Å²) in [5.41, 5.74) is 3.87. The molecule has 3 aromatic carbocycles. The van der Waals surface area contributed by atoms with Crippen molar-refractivity contribution in [2.24, 2.45) is 0 Å². The Kier molecular flexibility index (Phi) is 5.60. The monoisotopic (exact) mass is 439 g/mol. The minimum Gasteiger partial charge on any atom is -0.440 e. The number of aryl methyl sites for hydroxylation is 1. The average molecular weight is 440 g/mol. The van der Waals surface area contributed by atoms with Crippen molar-refractivity contribution in [1.29, 1.82) is 0 Å². The molecular weight excluding hydrogens is 418 g/mol. The Bertz CT molecular complexity index is 1420. The number of para-hydroxylation sites is 1. The van der Waals surface area contributed by atoms with Crippen molar-refractivity contribution in [2.45, 2.75) is 24.4 Å². The Morgan fingerprint density at radius 1 is 0.938 bits per heavy atom. The van der Waals surface area contributed by atoms with Crippen LogP contribution in [0.25, 0.3) is 22.2 Å². The highest BCUT2D eigenvalue weighted by Crippen LogP contribution is 2.26. The first kappa shape index (κ1) is 20.3. The van der Waals surface area contributed by atoms with Crippen LogP contribution >= 0.6 is 11.8 Å². The van der Waals surface area contributed by atoms with Crippen molar-refractivity contribution in [3.63, 3.8) is 0 Å². The Balaban J connectivity index is 1.46. The van der Waals surface area contributed by atoms with Gasteiger partial charge < -0.3 is 4.42 Å². The normalized spacial score (nSPS) is 11.2. The van der Waals surface area contributed by atoms with Gasteiger partial charge in [0.25, 0.3) is 5.56 Å². The zero-order chi connectivity index (χ0) is 21.9. The summed E-state index contributed by atoms with van der Waals surface area (Å²) in [5.74, 6) is 1.80. The predicted octanol–water partition coefficient (Wildman–Crippen LogP) is 5.70. The van der Waals surface area contributed by atoms with Crippen LogP contribution in [0.3, 0.4) is 0 Å². The Morgan fingerprint density at radius 2 is 1.69 bits per heavy atom. The van der Waals surface area contributed by atoms with Gasteiger partial charge in [0.15, 0.2) is 10.9 Å². The SMILES string of the molecule is Cc1ccc(Cn2c(SCc3ncc(-c4ccccc4)o3)nc3ccccc3c2=O)cc1. The molecule has 0 aliphatic heterocycles. The van der Waals surface area contributed by atoms with Crippen LogP contribution in [-0.4, -0.2) is 14.5 Å². The first-order valence-electron chi connectivity index (χ1n) is 10.4. The quantitative estimate of drug-likeness (QED) is 0.251. The lowest BCUT2D eigenvalue weighted by Crippen LogP contribution is -2.24. The fourth-order valence-electron chi connectivity index (χ4n) is 3.51. The van der Waals surface area contributed by atoms with Gasteiger partial charge in [0.2, 0.25) is 5.89 Å². The first-order chi connectivity index (χ1) is 15.7. The predicted molar refractivity (Wildman–Crippen MR) is 128 cm³/mol. The molecule has 0 unspecified atom stereocenters. The molecule has 32 heavy (non-hydrogen) atoms. The Morgan fingerprint density at radius 3 is 2.50 bits per heavy atom. The van der Waals surface area contributed by atoms with E-state index in [0.717, 1.165) is 16.9 Å². The van der Waals surface area contributed by atoms with E-state index in [2.05, 4.69) is 24.0 Å². The van der Waals surface area contributed by atoms with E-state index in [-0.39, 0.29) is 5.56 Å². The molecule has 0 fully saturated rings. The molecule has 6 heteroatoms. The molecule has 158 valence electrons. The van der Waals surface area contributed by atoms with Gasteiger partial charge in [0, 0.05) is 5.56 Å². The fraction of sp³-hybridized carbons (Fsp3) is 0.115. The maximum atomic E-state index is 13.3. The molecule has 2 aromatic heterocycles. The maximum absolute atomic E-state index is 13.3. The second-order valence-corrected chi connectivity index (χ2v) is 8.50. The van der Waals surface area contributed by atoms with Gasteiger partial charge in [-0.15, -0.1) is 0 Å². The van der Waals surface area contributed by atoms with Crippen LogP contribution in [0.5, 0.6) is 0 Å². The van der Waals surface area contributed by atoms with E-state index in [1.54, 1.807) is 10.8 Å². The van der Waals surface area contributed by atoms with Gasteiger partial charge in [-0.05, 0) is 24.6 Å². The van der Waals surface area contributed by atoms with Crippen LogP contribution in [0.2, 0.25) is 0 Å². The van der Waals surface area contributed by atoms with Crippen molar-refractivity contribution in [3.8, 4) is 11.3 Å². The van der Waals surface area contributed by atoms with E-state index in [0.29, 0.717) is 34.2 Å². The molecular formula is C26H21N3O2S. The molecule has 0 aliphatic rings. The lowest BCUT2D eigenvalue weighted by Gasteiger charge is -2.13. The highest BCUT2D eigenvalue weighted by molar-refractivity contribution is 7.98. The molecule has 0 amide bonds. The molecule has 0 saturated heterocycles. The number of thioether (sulfide) groups is 1. The minimum absolute atomic E-state index is 0.0453. The van der Waals surface area contributed by atoms with Crippen LogP contribution in [0, 0.1) is 6.92 Å². The van der Waals surface area contributed by atoms with E-state index in [9.17, 15) is 4.79 Å². The number of hydrogen-bond acceptors (Lipinski definition) is 5. The summed E-state index contributed by atoms with van der Waals surface area (Å²) in [7, 11) is 0. The molecule has 0 saturated carbocycles. The number of hydrogen-bond donors (Lipinski definition) is 0. The molecule has 0 aliphatic carbocycles. The summed E-state index contributed by atoms with van der Waals surface area (Å²) in [6, 6.07) is 25.5. The van der Waals surface area contributed by atoms with Crippen molar-refractivity contribution in [3.05, 3.63) is 112 Å². The maximum Gasteiger partial charge on any atom is 0.262 e. The van der Waals surface area contributed by atoms with Gasteiger partial charge in [-0.1, -0.05) is 84.1 Å². The molecule has 0 atom stereocenters. The lowest BCUT2D eigenvalue weighted by molar-refractivity contribution is 0.529. The summed E-state index contributed by atoms with van der Waals surface area (Å²) in [6.45, 7) is 2.51. The summed E-state index contributed by atoms with van der Waals surface area (Å²) < 4.78 is 7.67. The van der Waals surface area contributed by atoms with E-state index < -0.39 is 0 Å². The van der Waals surface area contributed by atoms with Gasteiger partial charge in [-0.2, -0.15) is 0 Å². The van der Waals surface area contributed by atoms with E-state index in [1.807, 2.05) is 66.7 Å². The van der Waals surface area contributed by atoms with Crippen LogP contribution in [0.1, 0.15) is 17.0 Å². The smallest absolute Gasteiger partial charge is 0.262 e. The van der Waals surface area contributed by atoms with Crippen LogP contribution in [0.4, 0.5) is 0 Å². The molecule has 5 aromatic rings. The number of aromatic nitrogens is 3. The number of nitrogens with zero attached hydrogens (tertiary/aromatic N) is 3. The van der Waals surface area contributed by atoms with Crippen molar-refractivity contribution in [2.75, 3.05) is 0 Å². The number of oxazole rings is 1. The Hall–Kier alpha value is -3.64. The highest BCUT2D eigenvalue weighted by Gasteiger charge is 2.14. The molecule has 0 radical (unpaired) electrons. The third-order valence-corrected chi connectivity index (χ3v) is 6.19. The number of fused-ring (bicyclic) bond motifs is 1. The molecule has 0 N–H and O–H groups in total. The van der Waals surface area contributed by atoms with Crippen LogP contribution < -0.4 is 5.56 Å².